The van der Waals surface area contributed by atoms with Crippen LogP contribution < -0.4 is 10.9 Å². The number of carbonyl (C=O) groups is 2. The molecule has 3 rings (SSSR count). The second-order valence-electron chi connectivity index (χ2n) is 5.20. The number of carbonyl (C=O) groups excluding carboxylic acids is 1. The predicted molar refractivity (Wildman–Crippen MR) is 82.5 cm³/mol. The smallest absolute Gasteiger partial charge is 0.341 e. The summed E-state index contributed by atoms with van der Waals surface area (Å²) in [6.07, 6.45) is 3.15. The van der Waals surface area contributed by atoms with Gasteiger partial charge in [0.15, 0.2) is 11.4 Å². The van der Waals surface area contributed by atoms with Crippen molar-refractivity contribution in [2.75, 3.05) is 18.6 Å². The number of pyridine rings is 2. The average Bonchev–Trinajstić information content (AvgIpc) is 2.57. The van der Waals surface area contributed by atoms with Crippen LogP contribution in [0.15, 0.2) is 35.4 Å². The number of nitrogens with zero attached hydrogens (tertiary/aromatic N) is 3. The van der Waals surface area contributed by atoms with Crippen LogP contribution in [-0.2, 0) is 6.42 Å². The largest absolute Gasteiger partial charge is 0.502 e. The Morgan fingerprint density at radius 1 is 1.33 bits per heavy atom. The molecule has 0 aliphatic carbocycles. The van der Waals surface area contributed by atoms with E-state index in [1.807, 2.05) is 12.1 Å². The standard InChI is InChI=1S/C15H14N4O5/c20-12-10(15(23)24)7-19-11(13(12)21)14(22)18(8-17-19)6-4-9-3-1-2-5-16-9/h1-3,5,7,17,21H,4,6,8H2,(H,23,24). The fourth-order valence-electron chi connectivity index (χ4n) is 2.44. The summed E-state index contributed by atoms with van der Waals surface area (Å²) in [4.78, 5) is 40.9. The third kappa shape index (κ3) is 2.67. The number of aromatic nitrogens is 2. The van der Waals surface area contributed by atoms with Gasteiger partial charge in [0.05, 0.1) is 0 Å². The van der Waals surface area contributed by atoms with E-state index in [1.54, 1.807) is 12.3 Å². The molecule has 9 nitrogen and oxygen atoms in total. The van der Waals surface area contributed by atoms with Gasteiger partial charge in [-0.1, -0.05) is 6.07 Å². The molecule has 0 saturated carbocycles. The molecule has 0 fully saturated rings. The third-order valence-corrected chi connectivity index (χ3v) is 3.70. The van der Waals surface area contributed by atoms with Gasteiger partial charge in [0, 0.05) is 31.1 Å². The first-order chi connectivity index (χ1) is 11.5. The van der Waals surface area contributed by atoms with Gasteiger partial charge in [-0.3, -0.25) is 19.2 Å². The maximum atomic E-state index is 12.5. The van der Waals surface area contributed by atoms with Crippen molar-refractivity contribution in [2.24, 2.45) is 0 Å². The summed E-state index contributed by atoms with van der Waals surface area (Å²) in [5, 5.41) is 18.9. The van der Waals surface area contributed by atoms with E-state index in [0.29, 0.717) is 13.0 Å². The number of rotatable bonds is 4. The van der Waals surface area contributed by atoms with Crippen LogP contribution in [0.3, 0.4) is 0 Å². The molecule has 3 N–H and O–H groups in total. The molecule has 0 atom stereocenters. The Morgan fingerprint density at radius 3 is 2.79 bits per heavy atom. The minimum absolute atomic E-state index is 0.111. The molecule has 24 heavy (non-hydrogen) atoms. The van der Waals surface area contributed by atoms with Gasteiger partial charge in [0.2, 0.25) is 5.43 Å². The van der Waals surface area contributed by atoms with Gasteiger partial charge in [-0.15, -0.1) is 0 Å². The van der Waals surface area contributed by atoms with Crippen molar-refractivity contribution in [3.05, 3.63) is 57.8 Å². The molecule has 0 bridgehead atoms. The fourth-order valence-corrected chi connectivity index (χ4v) is 2.44. The van der Waals surface area contributed by atoms with Crippen molar-refractivity contribution in [3.63, 3.8) is 0 Å². The number of nitrogens with one attached hydrogen (secondary N) is 1. The van der Waals surface area contributed by atoms with E-state index in [4.69, 9.17) is 5.11 Å². The van der Waals surface area contributed by atoms with E-state index >= 15 is 0 Å². The monoisotopic (exact) mass is 330 g/mol. The van der Waals surface area contributed by atoms with Crippen LogP contribution in [-0.4, -0.2) is 49.9 Å². The van der Waals surface area contributed by atoms with E-state index < -0.39 is 28.6 Å². The zero-order valence-corrected chi connectivity index (χ0v) is 12.5. The van der Waals surface area contributed by atoms with Crippen molar-refractivity contribution in [1.82, 2.24) is 14.6 Å². The summed E-state index contributed by atoms with van der Waals surface area (Å²) in [6.45, 7) is 0.442. The minimum Gasteiger partial charge on any atom is -0.502 e. The number of hydrogen-bond donors (Lipinski definition) is 3. The highest BCUT2D eigenvalue weighted by atomic mass is 16.4. The van der Waals surface area contributed by atoms with Gasteiger partial charge in [-0.05, 0) is 12.1 Å². The molecule has 9 heteroatoms. The van der Waals surface area contributed by atoms with Crippen LogP contribution in [0.25, 0.3) is 0 Å². The van der Waals surface area contributed by atoms with Crippen LogP contribution in [0.4, 0.5) is 0 Å². The van der Waals surface area contributed by atoms with E-state index in [2.05, 4.69) is 10.4 Å². The van der Waals surface area contributed by atoms with Crippen molar-refractivity contribution >= 4 is 11.9 Å². The zero-order valence-electron chi connectivity index (χ0n) is 12.5. The van der Waals surface area contributed by atoms with Crippen molar-refractivity contribution < 1.29 is 19.8 Å². The van der Waals surface area contributed by atoms with Crippen molar-refractivity contribution in [2.45, 2.75) is 6.42 Å². The lowest BCUT2D eigenvalue weighted by Crippen LogP contribution is -2.47. The number of aromatic carboxylic acids is 1. The highest BCUT2D eigenvalue weighted by Crippen LogP contribution is 2.18. The summed E-state index contributed by atoms with van der Waals surface area (Å²) in [6, 6.07) is 5.46. The summed E-state index contributed by atoms with van der Waals surface area (Å²) >= 11 is 0. The van der Waals surface area contributed by atoms with Crippen molar-refractivity contribution in [1.29, 1.82) is 0 Å². The van der Waals surface area contributed by atoms with E-state index in [-0.39, 0.29) is 12.4 Å². The summed E-state index contributed by atoms with van der Waals surface area (Å²) in [5.41, 5.74) is 1.61. The quantitative estimate of drug-likeness (QED) is 0.712. The first-order valence-electron chi connectivity index (χ1n) is 7.14. The van der Waals surface area contributed by atoms with Gasteiger partial charge in [0.1, 0.15) is 12.2 Å². The average molecular weight is 330 g/mol. The topological polar surface area (TPSA) is 125 Å². The highest BCUT2D eigenvalue weighted by Gasteiger charge is 2.30. The molecule has 2 aromatic rings. The van der Waals surface area contributed by atoms with Crippen LogP contribution in [0.1, 0.15) is 26.5 Å². The van der Waals surface area contributed by atoms with E-state index in [1.165, 1.54) is 4.90 Å². The molecule has 0 saturated heterocycles. The van der Waals surface area contributed by atoms with Crippen LogP contribution in [0, 0.1) is 0 Å². The molecule has 1 amide bonds. The van der Waals surface area contributed by atoms with Gasteiger partial charge >= 0.3 is 5.97 Å². The number of amides is 1. The van der Waals surface area contributed by atoms with Crippen LogP contribution >= 0.6 is 0 Å². The molecule has 1 aliphatic heterocycles. The first kappa shape index (κ1) is 15.5. The molecule has 0 aromatic carbocycles. The third-order valence-electron chi connectivity index (χ3n) is 3.70. The van der Waals surface area contributed by atoms with Gasteiger partial charge in [-0.2, -0.15) is 0 Å². The molecule has 1 aliphatic rings. The Hall–Kier alpha value is -3.36. The van der Waals surface area contributed by atoms with Crippen LogP contribution in [0.2, 0.25) is 0 Å². The van der Waals surface area contributed by atoms with Gasteiger partial charge in [0.25, 0.3) is 5.91 Å². The van der Waals surface area contributed by atoms with Gasteiger partial charge in [-0.25, -0.2) is 4.79 Å². The van der Waals surface area contributed by atoms with Crippen LogP contribution in [0.5, 0.6) is 5.75 Å². The number of hydrogen-bond acceptors (Lipinski definition) is 6. The molecular formula is C15H14N4O5. The molecule has 0 radical (unpaired) electrons. The molecule has 3 heterocycles. The Labute approximate surface area is 135 Å². The van der Waals surface area contributed by atoms with Gasteiger partial charge < -0.3 is 20.5 Å². The SMILES string of the molecule is O=C(O)c1cn2c(c(O)c1=O)C(=O)N(CCc1ccccn1)CN2. The maximum Gasteiger partial charge on any atom is 0.341 e. The molecule has 0 spiro atoms. The highest BCUT2D eigenvalue weighted by molar-refractivity contribution is 5.97. The number of carboxylic acids is 1. The lowest BCUT2D eigenvalue weighted by atomic mass is 10.2. The zero-order chi connectivity index (χ0) is 17.3. The number of carboxylic acid groups (broad SMARTS) is 1. The van der Waals surface area contributed by atoms with Crippen molar-refractivity contribution in [3.8, 4) is 5.75 Å². The second kappa shape index (κ2) is 6.03. The summed E-state index contributed by atoms with van der Waals surface area (Å²) in [5.74, 6) is -2.91. The molecular weight excluding hydrogens is 316 g/mol. The predicted octanol–water partition coefficient (Wildman–Crippen LogP) is -0.153. The molecule has 124 valence electrons. The summed E-state index contributed by atoms with van der Waals surface area (Å²) < 4.78 is 1.07. The Kier molecular flexibility index (Phi) is 3.90. The van der Waals surface area contributed by atoms with E-state index in [0.717, 1.165) is 16.6 Å². The lowest BCUT2D eigenvalue weighted by molar-refractivity contribution is 0.0681. The summed E-state index contributed by atoms with van der Waals surface area (Å²) in [7, 11) is 0. The second-order valence-corrected chi connectivity index (χ2v) is 5.20. The molecule has 2 aromatic heterocycles. The Bertz CT molecular complexity index is 862. The number of fused-ring (bicyclic) bond motifs is 1. The molecule has 0 unspecified atom stereocenters. The number of aromatic hydroxyl groups is 1. The first-order valence-corrected chi connectivity index (χ1v) is 7.14. The Balaban J connectivity index is 1.86. The minimum atomic E-state index is -1.47. The van der Waals surface area contributed by atoms with E-state index in [9.17, 15) is 19.5 Å². The lowest BCUT2D eigenvalue weighted by Gasteiger charge is -2.31. The maximum absolute atomic E-state index is 12.5. The normalized spacial score (nSPS) is 13.3. The Morgan fingerprint density at radius 2 is 2.12 bits per heavy atom. The fraction of sp³-hybridized carbons (Fsp3) is 0.200.